The first-order valence-corrected chi connectivity index (χ1v) is 9.13. The molecule has 4 N–H and O–H groups in total. The van der Waals surface area contributed by atoms with Crippen LogP contribution in [-0.4, -0.2) is 32.5 Å². The molecule has 0 spiro atoms. The third-order valence-corrected chi connectivity index (χ3v) is 5.24. The van der Waals surface area contributed by atoms with Crippen molar-refractivity contribution in [3.63, 3.8) is 0 Å². The second kappa shape index (κ2) is 6.78. The smallest absolute Gasteiger partial charge is 0.279 e. The summed E-state index contributed by atoms with van der Waals surface area (Å²) >= 11 is 0. The molecule has 0 saturated carbocycles. The molecule has 3 aromatic rings. The Bertz CT molecular complexity index is 1140. The number of nitrogens with one attached hydrogen (secondary N) is 2. The van der Waals surface area contributed by atoms with Gasteiger partial charge in [-0.25, -0.2) is 4.68 Å². The molecule has 28 heavy (non-hydrogen) atoms. The number of aromatic amines is 1. The van der Waals surface area contributed by atoms with E-state index in [2.05, 4.69) is 10.4 Å². The van der Waals surface area contributed by atoms with Crippen LogP contribution in [0.3, 0.4) is 0 Å². The highest BCUT2D eigenvalue weighted by atomic mass is 16.3. The van der Waals surface area contributed by atoms with Gasteiger partial charge in [-0.15, -0.1) is 0 Å². The number of aromatic nitrogens is 2. The highest BCUT2D eigenvalue weighted by Crippen LogP contribution is 2.42. The molecule has 0 saturated heterocycles. The summed E-state index contributed by atoms with van der Waals surface area (Å²) in [5.74, 6) is -1.03. The number of aliphatic hydroxyl groups excluding tert-OH is 1. The van der Waals surface area contributed by atoms with Gasteiger partial charge in [-0.2, -0.15) is 0 Å². The Hall–Kier alpha value is -3.16. The van der Waals surface area contributed by atoms with Crippen LogP contribution < -0.4 is 10.9 Å². The Morgan fingerprint density at radius 2 is 2.00 bits per heavy atom. The number of anilines is 1. The predicted octanol–water partition coefficient (Wildman–Crippen LogP) is 2.03. The molecule has 2 heterocycles. The van der Waals surface area contributed by atoms with Gasteiger partial charge in [-0.1, -0.05) is 31.2 Å². The maximum atomic E-state index is 12.7. The van der Waals surface area contributed by atoms with Gasteiger partial charge in [0.05, 0.1) is 16.6 Å². The van der Waals surface area contributed by atoms with Gasteiger partial charge in [0.1, 0.15) is 0 Å². The van der Waals surface area contributed by atoms with Crippen LogP contribution in [0.15, 0.2) is 59.4 Å². The molecular formula is C21H21N3O4. The van der Waals surface area contributed by atoms with Crippen LogP contribution >= 0.6 is 0 Å². The topological polar surface area (TPSA) is 107 Å². The fourth-order valence-corrected chi connectivity index (χ4v) is 3.64. The largest absolute Gasteiger partial charge is 0.396 e. The van der Waals surface area contributed by atoms with E-state index in [9.17, 15) is 14.7 Å². The molecule has 0 radical (unpaired) electrons. The molecule has 0 bridgehead atoms. The van der Waals surface area contributed by atoms with Gasteiger partial charge < -0.3 is 15.5 Å². The molecule has 7 heteroatoms. The zero-order valence-electron chi connectivity index (χ0n) is 15.3. The van der Waals surface area contributed by atoms with Crippen molar-refractivity contribution >= 4 is 22.5 Å². The molecular weight excluding hydrogens is 358 g/mol. The number of amides is 1. The van der Waals surface area contributed by atoms with E-state index in [0.717, 1.165) is 0 Å². The van der Waals surface area contributed by atoms with Crippen molar-refractivity contribution in [2.24, 2.45) is 5.92 Å². The van der Waals surface area contributed by atoms with Crippen molar-refractivity contribution in [3.05, 3.63) is 70.5 Å². The molecule has 1 aliphatic heterocycles. The summed E-state index contributed by atoms with van der Waals surface area (Å²) in [6.07, 6.45) is 3.89. The number of H-pyrrole nitrogens is 1. The van der Waals surface area contributed by atoms with Gasteiger partial charge in [0, 0.05) is 23.8 Å². The number of hydrogen-bond acceptors (Lipinski definition) is 4. The van der Waals surface area contributed by atoms with Gasteiger partial charge in [-0.05, 0) is 36.8 Å². The van der Waals surface area contributed by atoms with Crippen LogP contribution in [-0.2, 0) is 10.4 Å². The third kappa shape index (κ3) is 2.67. The Kier molecular flexibility index (Phi) is 4.41. The van der Waals surface area contributed by atoms with Crippen molar-refractivity contribution in [2.45, 2.75) is 18.9 Å². The van der Waals surface area contributed by atoms with Crippen molar-refractivity contribution < 1.29 is 15.0 Å². The first-order valence-electron chi connectivity index (χ1n) is 9.13. The Morgan fingerprint density at radius 3 is 2.75 bits per heavy atom. The number of nitrogens with zero attached hydrogens (tertiary/aromatic N) is 1. The molecule has 0 unspecified atom stereocenters. The third-order valence-electron chi connectivity index (χ3n) is 5.24. The van der Waals surface area contributed by atoms with E-state index in [4.69, 9.17) is 5.11 Å². The summed E-state index contributed by atoms with van der Waals surface area (Å²) < 4.78 is 1.40. The minimum Gasteiger partial charge on any atom is -0.396 e. The van der Waals surface area contributed by atoms with Crippen LogP contribution in [0.2, 0.25) is 0 Å². The van der Waals surface area contributed by atoms with Gasteiger partial charge in [-0.3, -0.25) is 14.7 Å². The van der Waals surface area contributed by atoms with Crippen molar-refractivity contribution in [3.8, 4) is 5.69 Å². The van der Waals surface area contributed by atoms with E-state index in [0.29, 0.717) is 34.3 Å². The molecule has 1 aromatic heterocycles. The lowest BCUT2D eigenvalue weighted by molar-refractivity contribution is -0.137. The van der Waals surface area contributed by atoms with E-state index < -0.39 is 17.4 Å². The molecule has 2 aromatic carbocycles. The Balaban J connectivity index is 1.81. The maximum Gasteiger partial charge on any atom is 0.279 e. The lowest BCUT2D eigenvalue weighted by Gasteiger charge is -2.26. The summed E-state index contributed by atoms with van der Waals surface area (Å²) in [5.41, 5.74) is 0.211. The lowest BCUT2D eigenvalue weighted by Crippen LogP contribution is -2.39. The number of fused-ring (bicyclic) bond motifs is 2. The first-order chi connectivity index (χ1) is 13.5. The van der Waals surface area contributed by atoms with Crippen LogP contribution in [0.5, 0.6) is 0 Å². The average molecular weight is 379 g/mol. The highest BCUT2D eigenvalue weighted by Gasteiger charge is 2.48. The molecule has 1 aliphatic rings. The monoisotopic (exact) mass is 379 g/mol. The number of aliphatic hydroxyl groups is 2. The molecule has 1 amide bonds. The minimum atomic E-state index is -1.76. The minimum absolute atomic E-state index is 0.00210. The molecule has 144 valence electrons. The maximum absolute atomic E-state index is 12.7. The van der Waals surface area contributed by atoms with E-state index in [1.54, 1.807) is 49.4 Å². The number of para-hydroxylation sites is 1. The lowest BCUT2D eigenvalue weighted by atomic mass is 9.83. The number of benzene rings is 2. The summed E-state index contributed by atoms with van der Waals surface area (Å²) in [6, 6.07) is 12.2. The molecule has 4 rings (SSSR count). The Morgan fingerprint density at radius 1 is 1.21 bits per heavy atom. The zero-order chi connectivity index (χ0) is 19.9. The van der Waals surface area contributed by atoms with E-state index in [1.165, 1.54) is 4.68 Å². The van der Waals surface area contributed by atoms with E-state index in [1.807, 2.05) is 12.1 Å². The highest BCUT2D eigenvalue weighted by molar-refractivity contribution is 6.05. The quantitative estimate of drug-likeness (QED) is 0.509. The van der Waals surface area contributed by atoms with Crippen molar-refractivity contribution in [1.29, 1.82) is 0 Å². The van der Waals surface area contributed by atoms with E-state index in [-0.39, 0.29) is 12.2 Å². The summed E-state index contributed by atoms with van der Waals surface area (Å²) in [6.45, 7) is 1.74. The molecule has 2 atom stereocenters. The summed E-state index contributed by atoms with van der Waals surface area (Å²) in [4.78, 5) is 25.3. The SMILES string of the molecule is C[C@@H](/C=C/CCO)[C@]1(O)C(=O)Nc2ccc(-n3[nH]c4ccccc4c3=O)cc21. The number of hydrogen-bond donors (Lipinski definition) is 4. The molecule has 7 nitrogen and oxygen atoms in total. The van der Waals surface area contributed by atoms with E-state index >= 15 is 0 Å². The molecule has 0 aliphatic carbocycles. The van der Waals surface area contributed by atoms with Gasteiger partial charge >= 0.3 is 0 Å². The fraction of sp³-hybridized carbons (Fsp3) is 0.238. The number of carbonyl (C=O) groups excluding carboxylic acids is 1. The van der Waals surface area contributed by atoms with Gasteiger partial charge in [0.15, 0.2) is 5.60 Å². The summed E-state index contributed by atoms with van der Waals surface area (Å²) in [7, 11) is 0. The van der Waals surface area contributed by atoms with Gasteiger partial charge in [0.2, 0.25) is 0 Å². The predicted molar refractivity (Wildman–Crippen MR) is 106 cm³/mol. The normalized spacial score (nSPS) is 19.9. The fourth-order valence-electron chi connectivity index (χ4n) is 3.64. The Labute approximate surface area is 160 Å². The second-order valence-electron chi connectivity index (χ2n) is 6.98. The first kappa shape index (κ1) is 18.2. The number of carbonyl (C=O) groups is 1. The van der Waals surface area contributed by atoms with Crippen molar-refractivity contribution in [1.82, 2.24) is 9.78 Å². The van der Waals surface area contributed by atoms with Crippen LogP contribution in [0.25, 0.3) is 16.6 Å². The second-order valence-corrected chi connectivity index (χ2v) is 6.98. The van der Waals surface area contributed by atoms with Crippen LogP contribution in [0.4, 0.5) is 5.69 Å². The number of rotatable bonds is 5. The zero-order valence-corrected chi connectivity index (χ0v) is 15.3. The standard InChI is InChI=1S/C21H21N3O4/c1-13(6-4-5-11-25)21(28)16-12-14(9-10-18(16)22-20(21)27)24-19(26)15-7-2-3-8-17(15)23-24/h2-4,6-10,12-13,23,25,28H,5,11H2,1H3,(H,22,27)/b6-4+/t13-,21+/m0/s1. The van der Waals surface area contributed by atoms with Crippen molar-refractivity contribution in [2.75, 3.05) is 11.9 Å². The van der Waals surface area contributed by atoms with Gasteiger partial charge in [0.25, 0.3) is 11.5 Å². The van der Waals surface area contributed by atoms with Crippen LogP contribution in [0, 0.1) is 5.92 Å². The summed E-state index contributed by atoms with van der Waals surface area (Å²) in [5, 5.41) is 26.5. The molecule has 0 fully saturated rings. The average Bonchev–Trinajstić information content (AvgIpc) is 3.17. The van der Waals surface area contributed by atoms with Crippen LogP contribution in [0.1, 0.15) is 18.9 Å².